The van der Waals surface area contributed by atoms with Gasteiger partial charge in [0.2, 0.25) is 0 Å². The van der Waals surface area contributed by atoms with Crippen molar-refractivity contribution in [1.82, 2.24) is 5.32 Å². The van der Waals surface area contributed by atoms with Crippen LogP contribution < -0.4 is 10.1 Å². The number of ether oxygens (including phenoxy) is 1. The minimum absolute atomic E-state index is 0.116. The van der Waals surface area contributed by atoms with Crippen LogP contribution in [0.3, 0.4) is 0 Å². The molecule has 1 heterocycles. The second-order valence-electron chi connectivity index (χ2n) is 6.30. The van der Waals surface area contributed by atoms with Gasteiger partial charge in [-0.05, 0) is 55.5 Å². The predicted molar refractivity (Wildman–Crippen MR) is 105 cm³/mol. The number of carbonyl (C=O) groups is 1. The molecule has 0 fully saturated rings. The van der Waals surface area contributed by atoms with Crippen LogP contribution in [0.15, 0.2) is 76.2 Å². The topological polar surface area (TPSA) is 85.6 Å². The van der Waals surface area contributed by atoms with E-state index in [9.17, 15) is 13.2 Å². The highest BCUT2D eigenvalue weighted by Gasteiger charge is 2.32. The van der Waals surface area contributed by atoms with E-state index in [0.29, 0.717) is 11.3 Å². The second-order valence-corrected chi connectivity index (χ2v) is 8.43. The lowest BCUT2D eigenvalue weighted by atomic mass is 10.1. The van der Waals surface area contributed by atoms with E-state index in [1.165, 1.54) is 25.5 Å². The number of amides is 1. The Bertz CT molecular complexity index is 1040. The minimum atomic E-state index is -3.80. The maximum atomic E-state index is 13.2. The molecule has 1 unspecified atom stereocenters. The number of furan rings is 1. The molecular weight excluding hydrogens is 378 g/mol. The predicted octanol–water partition coefficient (Wildman–Crippen LogP) is 3.54. The lowest BCUT2D eigenvalue weighted by Crippen LogP contribution is -2.31. The molecule has 146 valence electrons. The number of aryl methyl sites for hydroxylation is 1. The Kier molecular flexibility index (Phi) is 5.84. The molecule has 0 saturated carbocycles. The molecule has 28 heavy (non-hydrogen) atoms. The molecule has 1 N–H and O–H groups in total. The van der Waals surface area contributed by atoms with Crippen LogP contribution in [0.4, 0.5) is 0 Å². The Morgan fingerprint density at radius 1 is 1.11 bits per heavy atom. The lowest BCUT2D eigenvalue weighted by molar-refractivity contribution is 0.0953. The molecular formula is C21H21NO5S. The van der Waals surface area contributed by atoms with Crippen molar-refractivity contribution in [3.63, 3.8) is 0 Å². The molecule has 0 aliphatic heterocycles. The maximum absolute atomic E-state index is 13.2. The number of nitrogens with one attached hydrogen (secondary N) is 1. The van der Waals surface area contributed by atoms with E-state index in [1.54, 1.807) is 42.5 Å². The number of hydrogen-bond donors (Lipinski definition) is 1. The standard InChI is InChI=1S/C21H21NO5S/c1-15-5-3-6-16(13-15)21(23)22-14-20(19-7-4-12-27-19)28(24,25)18-10-8-17(26-2)9-11-18/h3-13,20H,14H2,1-2H3,(H,22,23). The molecule has 1 amide bonds. The second kappa shape index (κ2) is 8.31. The third kappa shape index (κ3) is 4.26. The van der Waals surface area contributed by atoms with Gasteiger partial charge in [-0.1, -0.05) is 17.7 Å². The summed E-state index contributed by atoms with van der Waals surface area (Å²) < 4.78 is 36.8. The van der Waals surface area contributed by atoms with Crippen molar-refractivity contribution in [2.75, 3.05) is 13.7 Å². The molecule has 0 bridgehead atoms. The molecule has 0 saturated heterocycles. The van der Waals surface area contributed by atoms with Crippen LogP contribution in [0.5, 0.6) is 5.75 Å². The summed E-state index contributed by atoms with van der Waals surface area (Å²) in [7, 11) is -2.29. The summed E-state index contributed by atoms with van der Waals surface area (Å²) in [6.45, 7) is 1.77. The first-order valence-electron chi connectivity index (χ1n) is 8.68. The molecule has 6 nitrogen and oxygen atoms in total. The highest BCUT2D eigenvalue weighted by atomic mass is 32.2. The molecule has 0 aliphatic rings. The van der Waals surface area contributed by atoms with Crippen LogP contribution in [0, 0.1) is 6.92 Å². The van der Waals surface area contributed by atoms with E-state index in [1.807, 2.05) is 13.0 Å². The molecule has 0 spiro atoms. The molecule has 7 heteroatoms. The smallest absolute Gasteiger partial charge is 0.251 e. The van der Waals surface area contributed by atoms with Crippen molar-refractivity contribution in [3.05, 3.63) is 83.8 Å². The Morgan fingerprint density at radius 2 is 1.86 bits per heavy atom. The van der Waals surface area contributed by atoms with Gasteiger partial charge in [-0.25, -0.2) is 8.42 Å². The Morgan fingerprint density at radius 3 is 2.46 bits per heavy atom. The fourth-order valence-electron chi connectivity index (χ4n) is 2.84. The van der Waals surface area contributed by atoms with Gasteiger partial charge in [0.1, 0.15) is 16.8 Å². The summed E-state index contributed by atoms with van der Waals surface area (Å²) >= 11 is 0. The lowest BCUT2D eigenvalue weighted by Gasteiger charge is -2.17. The molecule has 0 aliphatic carbocycles. The van der Waals surface area contributed by atoms with Crippen LogP contribution in [0.25, 0.3) is 0 Å². The number of rotatable bonds is 7. The highest BCUT2D eigenvalue weighted by Crippen LogP contribution is 2.30. The summed E-state index contributed by atoms with van der Waals surface area (Å²) in [4.78, 5) is 12.6. The van der Waals surface area contributed by atoms with E-state index in [-0.39, 0.29) is 23.1 Å². The van der Waals surface area contributed by atoms with Crippen LogP contribution in [-0.4, -0.2) is 28.0 Å². The zero-order valence-electron chi connectivity index (χ0n) is 15.6. The first-order chi connectivity index (χ1) is 13.4. The molecule has 0 radical (unpaired) electrons. The minimum Gasteiger partial charge on any atom is -0.497 e. The monoisotopic (exact) mass is 399 g/mol. The Hall–Kier alpha value is -3.06. The van der Waals surface area contributed by atoms with E-state index in [0.717, 1.165) is 5.56 Å². The zero-order valence-corrected chi connectivity index (χ0v) is 16.4. The van der Waals surface area contributed by atoms with Crippen LogP contribution in [0.2, 0.25) is 0 Å². The van der Waals surface area contributed by atoms with Gasteiger partial charge in [-0.2, -0.15) is 0 Å². The van der Waals surface area contributed by atoms with Crippen molar-refractivity contribution in [1.29, 1.82) is 0 Å². The normalized spacial score (nSPS) is 12.4. The molecule has 1 atom stereocenters. The summed E-state index contributed by atoms with van der Waals surface area (Å²) in [5.41, 5.74) is 1.42. The average Bonchev–Trinajstić information content (AvgIpc) is 3.22. The van der Waals surface area contributed by atoms with Gasteiger partial charge in [0.15, 0.2) is 9.84 Å². The third-order valence-corrected chi connectivity index (χ3v) is 6.43. The van der Waals surface area contributed by atoms with E-state index >= 15 is 0 Å². The van der Waals surface area contributed by atoms with Gasteiger partial charge in [0.05, 0.1) is 18.3 Å². The van der Waals surface area contributed by atoms with Crippen LogP contribution >= 0.6 is 0 Å². The third-order valence-electron chi connectivity index (χ3n) is 4.35. The quantitative estimate of drug-likeness (QED) is 0.657. The molecule has 1 aromatic heterocycles. The molecule has 3 aromatic rings. The summed E-state index contributed by atoms with van der Waals surface area (Å²) in [5, 5.41) is 1.66. The van der Waals surface area contributed by atoms with Crippen LogP contribution in [0.1, 0.15) is 26.9 Å². The fourth-order valence-corrected chi connectivity index (χ4v) is 4.43. The molecule has 2 aromatic carbocycles. The largest absolute Gasteiger partial charge is 0.497 e. The number of methoxy groups -OCH3 is 1. The van der Waals surface area contributed by atoms with Gasteiger partial charge in [0.25, 0.3) is 5.91 Å². The van der Waals surface area contributed by atoms with Gasteiger partial charge >= 0.3 is 0 Å². The van der Waals surface area contributed by atoms with Crippen LogP contribution in [-0.2, 0) is 9.84 Å². The van der Waals surface area contributed by atoms with Gasteiger partial charge < -0.3 is 14.5 Å². The van der Waals surface area contributed by atoms with Crippen molar-refractivity contribution in [2.24, 2.45) is 0 Å². The summed E-state index contributed by atoms with van der Waals surface area (Å²) in [6, 6.07) is 16.4. The number of carbonyl (C=O) groups excluding carboxylic acids is 1. The number of sulfone groups is 1. The van der Waals surface area contributed by atoms with Crippen molar-refractivity contribution in [2.45, 2.75) is 17.1 Å². The van der Waals surface area contributed by atoms with Gasteiger partial charge in [-0.3, -0.25) is 4.79 Å². The Labute approximate surface area is 164 Å². The Balaban J connectivity index is 1.86. The van der Waals surface area contributed by atoms with E-state index in [4.69, 9.17) is 9.15 Å². The number of benzene rings is 2. The number of hydrogen-bond acceptors (Lipinski definition) is 5. The first-order valence-corrected chi connectivity index (χ1v) is 10.2. The van der Waals surface area contributed by atoms with Gasteiger partial charge in [-0.15, -0.1) is 0 Å². The zero-order chi connectivity index (χ0) is 20.1. The van der Waals surface area contributed by atoms with Crippen molar-refractivity contribution in [3.8, 4) is 5.75 Å². The van der Waals surface area contributed by atoms with Crippen molar-refractivity contribution >= 4 is 15.7 Å². The highest BCUT2D eigenvalue weighted by molar-refractivity contribution is 7.91. The first kappa shape index (κ1) is 19.7. The SMILES string of the molecule is COc1ccc(S(=O)(=O)C(CNC(=O)c2cccc(C)c2)c2ccco2)cc1. The van der Waals surface area contributed by atoms with Crippen molar-refractivity contribution < 1.29 is 22.4 Å². The summed E-state index contributed by atoms with van der Waals surface area (Å²) in [5.74, 6) is 0.479. The fraction of sp³-hybridized carbons (Fsp3) is 0.190. The van der Waals surface area contributed by atoms with Gasteiger partial charge in [0, 0.05) is 12.1 Å². The molecule has 3 rings (SSSR count). The van der Waals surface area contributed by atoms with E-state index < -0.39 is 15.1 Å². The van der Waals surface area contributed by atoms with E-state index in [2.05, 4.69) is 5.32 Å². The maximum Gasteiger partial charge on any atom is 0.251 e. The summed E-state index contributed by atoms with van der Waals surface area (Å²) in [6.07, 6.45) is 1.41. The average molecular weight is 399 g/mol.